The predicted molar refractivity (Wildman–Crippen MR) is 177 cm³/mol. The van der Waals surface area contributed by atoms with Crippen LogP contribution < -0.4 is 15.6 Å². The number of nitrogens with one attached hydrogen (secondary N) is 2. The molecule has 1 aliphatic rings. The molecule has 5 rings (SSSR count). The molecule has 10 heteroatoms. The topological polar surface area (TPSA) is 92.2 Å². The van der Waals surface area contributed by atoms with Gasteiger partial charge in [-0.1, -0.05) is 70.5 Å². The number of ether oxygens (including phenoxy) is 2. The van der Waals surface area contributed by atoms with E-state index in [1.807, 2.05) is 78.9 Å². The molecule has 0 aromatic heterocycles. The number of hydrazine groups is 1. The van der Waals surface area contributed by atoms with Gasteiger partial charge in [-0.05, 0) is 71.6 Å². The first-order chi connectivity index (χ1) is 22.4. The molecule has 3 N–H and O–H groups in total. The van der Waals surface area contributed by atoms with Crippen LogP contribution in [0.2, 0.25) is 0 Å². The minimum absolute atomic E-state index is 0.0429. The molecule has 0 unspecified atom stereocenters. The SMILES string of the molecule is O=C(NNCCc1cc(F)cc(F)c1)[C@@]1(C/C=C/c2ccccc2)N=C(c2ccc(OCCCO)cc2)O[C@H]1c1ccc(Br)cc1. The molecule has 1 heterocycles. The van der Waals surface area contributed by atoms with E-state index in [1.165, 1.54) is 12.1 Å². The number of carbonyl (C=O) groups is 1. The Kier molecular flexibility index (Phi) is 11.3. The summed E-state index contributed by atoms with van der Waals surface area (Å²) in [4.78, 5) is 19.2. The fraction of sp³-hybridized carbons (Fsp3) is 0.222. The van der Waals surface area contributed by atoms with Crippen molar-refractivity contribution in [2.45, 2.75) is 30.9 Å². The summed E-state index contributed by atoms with van der Waals surface area (Å²) in [6, 6.07) is 27.8. The van der Waals surface area contributed by atoms with Crippen LogP contribution in [0, 0.1) is 11.6 Å². The van der Waals surface area contributed by atoms with Crippen LogP contribution in [-0.2, 0) is 16.0 Å². The maximum Gasteiger partial charge on any atom is 0.266 e. The van der Waals surface area contributed by atoms with Crippen LogP contribution in [-0.4, -0.2) is 42.2 Å². The molecule has 7 nitrogen and oxygen atoms in total. The van der Waals surface area contributed by atoms with Gasteiger partial charge in [0, 0.05) is 42.1 Å². The lowest BCUT2D eigenvalue weighted by molar-refractivity contribution is -0.129. The molecule has 0 saturated heterocycles. The van der Waals surface area contributed by atoms with Crippen molar-refractivity contribution in [2.24, 2.45) is 4.99 Å². The summed E-state index contributed by atoms with van der Waals surface area (Å²) in [5, 5.41) is 9.04. The van der Waals surface area contributed by atoms with Gasteiger partial charge in [-0.3, -0.25) is 10.2 Å². The molecule has 1 amide bonds. The second-order valence-corrected chi connectivity index (χ2v) is 11.7. The van der Waals surface area contributed by atoms with E-state index < -0.39 is 29.2 Å². The van der Waals surface area contributed by atoms with Gasteiger partial charge < -0.3 is 14.6 Å². The molecular formula is C36H34BrF2N3O4. The van der Waals surface area contributed by atoms with E-state index in [0.29, 0.717) is 35.8 Å². The van der Waals surface area contributed by atoms with Gasteiger partial charge in [0.2, 0.25) is 5.90 Å². The van der Waals surface area contributed by atoms with E-state index in [4.69, 9.17) is 19.6 Å². The lowest BCUT2D eigenvalue weighted by atomic mass is 9.84. The zero-order valence-electron chi connectivity index (χ0n) is 25.0. The van der Waals surface area contributed by atoms with Crippen LogP contribution in [0.25, 0.3) is 6.08 Å². The Labute approximate surface area is 275 Å². The van der Waals surface area contributed by atoms with Gasteiger partial charge in [-0.15, -0.1) is 0 Å². The first kappa shape index (κ1) is 33.0. The molecule has 0 bridgehead atoms. The normalized spacial score (nSPS) is 17.5. The van der Waals surface area contributed by atoms with Crippen molar-refractivity contribution < 1.29 is 28.2 Å². The third kappa shape index (κ3) is 8.45. The fourth-order valence-electron chi connectivity index (χ4n) is 5.10. The van der Waals surface area contributed by atoms with Crippen molar-refractivity contribution in [3.8, 4) is 5.75 Å². The zero-order chi connectivity index (χ0) is 32.4. The minimum atomic E-state index is -1.41. The Hall–Kier alpha value is -4.38. The summed E-state index contributed by atoms with van der Waals surface area (Å²) < 4.78 is 40.4. The number of hydrogen-bond acceptors (Lipinski definition) is 6. The lowest BCUT2D eigenvalue weighted by Gasteiger charge is -2.30. The van der Waals surface area contributed by atoms with Crippen LogP contribution in [0.1, 0.15) is 41.2 Å². The number of carbonyl (C=O) groups excluding carboxylic acids is 1. The zero-order valence-corrected chi connectivity index (χ0v) is 26.6. The average molecular weight is 691 g/mol. The Morgan fingerprint density at radius 1 is 1.00 bits per heavy atom. The van der Waals surface area contributed by atoms with Gasteiger partial charge in [0.1, 0.15) is 17.4 Å². The van der Waals surface area contributed by atoms with Crippen LogP contribution in [0.3, 0.4) is 0 Å². The molecule has 238 valence electrons. The molecule has 0 spiro atoms. The van der Waals surface area contributed by atoms with Gasteiger partial charge in [-0.2, -0.15) is 0 Å². The Morgan fingerprint density at radius 2 is 1.72 bits per heavy atom. The molecule has 46 heavy (non-hydrogen) atoms. The molecule has 1 aliphatic heterocycles. The second kappa shape index (κ2) is 15.8. The van der Waals surface area contributed by atoms with Gasteiger partial charge in [0.05, 0.1) is 6.61 Å². The molecule has 0 fully saturated rings. The van der Waals surface area contributed by atoms with E-state index in [0.717, 1.165) is 21.7 Å². The summed E-state index contributed by atoms with van der Waals surface area (Å²) in [6.45, 7) is 0.654. The third-order valence-electron chi connectivity index (χ3n) is 7.40. The maximum absolute atomic E-state index is 14.2. The van der Waals surface area contributed by atoms with Crippen molar-refractivity contribution in [2.75, 3.05) is 19.8 Å². The maximum atomic E-state index is 14.2. The monoisotopic (exact) mass is 689 g/mol. The Morgan fingerprint density at radius 3 is 2.41 bits per heavy atom. The number of amides is 1. The highest BCUT2D eigenvalue weighted by Gasteiger charge is 2.52. The number of rotatable bonds is 14. The average Bonchev–Trinajstić information content (AvgIpc) is 3.44. The van der Waals surface area contributed by atoms with Crippen molar-refractivity contribution >= 4 is 33.8 Å². The van der Waals surface area contributed by atoms with Gasteiger partial charge in [0.15, 0.2) is 11.6 Å². The number of hydrogen-bond donors (Lipinski definition) is 3. The molecule has 2 atom stereocenters. The molecule has 4 aromatic rings. The smallest absolute Gasteiger partial charge is 0.266 e. The fourth-order valence-corrected chi connectivity index (χ4v) is 5.37. The quantitative estimate of drug-likeness (QED) is 0.101. The van der Waals surface area contributed by atoms with Crippen LogP contribution >= 0.6 is 15.9 Å². The van der Waals surface area contributed by atoms with Crippen LogP contribution in [0.15, 0.2) is 113 Å². The van der Waals surface area contributed by atoms with Crippen molar-refractivity contribution in [1.29, 1.82) is 0 Å². The summed E-state index contributed by atoms with van der Waals surface area (Å²) in [5.74, 6) is -0.807. The number of benzene rings is 4. The summed E-state index contributed by atoms with van der Waals surface area (Å²) >= 11 is 3.48. The van der Waals surface area contributed by atoms with Crippen LogP contribution in [0.4, 0.5) is 8.78 Å². The molecule has 0 radical (unpaired) electrons. The predicted octanol–water partition coefficient (Wildman–Crippen LogP) is 6.71. The molecule has 4 aromatic carbocycles. The highest BCUT2D eigenvalue weighted by Crippen LogP contribution is 2.43. The van der Waals surface area contributed by atoms with E-state index in [1.54, 1.807) is 12.1 Å². The second-order valence-electron chi connectivity index (χ2n) is 10.8. The number of aliphatic imine (C=N–C) groups is 1. The number of nitrogens with zero attached hydrogens (tertiary/aromatic N) is 1. The molecular weight excluding hydrogens is 656 g/mol. The van der Waals surface area contributed by atoms with Crippen molar-refractivity contribution in [3.05, 3.63) is 141 Å². The Bertz CT molecular complexity index is 1650. The van der Waals surface area contributed by atoms with Gasteiger partial charge >= 0.3 is 0 Å². The number of aliphatic hydroxyl groups is 1. The third-order valence-corrected chi connectivity index (χ3v) is 7.93. The largest absolute Gasteiger partial charge is 0.494 e. The molecule has 0 saturated carbocycles. The van der Waals surface area contributed by atoms with Gasteiger partial charge in [-0.25, -0.2) is 19.2 Å². The highest BCUT2D eigenvalue weighted by molar-refractivity contribution is 9.10. The van der Waals surface area contributed by atoms with Crippen molar-refractivity contribution in [3.63, 3.8) is 0 Å². The van der Waals surface area contributed by atoms with Crippen molar-refractivity contribution in [1.82, 2.24) is 10.9 Å². The first-order valence-electron chi connectivity index (χ1n) is 14.9. The lowest BCUT2D eigenvalue weighted by Crippen LogP contribution is -2.52. The van der Waals surface area contributed by atoms with E-state index in [-0.39, 0.29) is 26.0 Å². The summed E-state index contributed by atoms with van der Waals surface area (Å²) in [6.07, 6.45) is 4.07. The molecule has 0 aliphatic carbocycles. The van der Waals surface area contributed by atoms with E-state index in [2.05, 4.69) is 26.8 Å². The first-order valence-corrected chi connectivity index (χ1v) is 15.7. The summed E-state index contributed by atoms with van der Waals surface area (Å²) in [7, 11) is 0. The van der Waals surface area contributed by atoms with Crippen LogP contribution in [0.5, 0.6) is 5.75 Å². The van der Waals surface area contributed by atoms with E-state index in [9.17, 15) is 13.6 Å². The Balaban J connectivity index is 1.44. The minimum Gasteiger partial charge on any atom is -0.494 e. The number of aliphatic hydroxyl groups excluding tert-OH is 1. The highest BCUT2D eigenvalue weighted by atomic mass is 79.9. The van der Waals surface area contributed by atoms with E-state index >= 15 is 0 Å². The number of halogens is 3. The standard InChI is InChI=1S/C36H34BrF2N3O4/c37-29-13-9-27(10-14-29)33-36(18-4-8-25-6-2-1-3-7-25,35(44)42-40-19-17-26-22-30(38)24-31(39)23-26)41-34(46-33)28-11-15-32(16-12-28)45-21-5-20-43/h1-4,6-16,22-24,33,40,43H,5,17-21H2,(H,42,44)/b8-4+/t33-,36-/m0/s1. The van der Waals surface area contributed by atoms with Gasteiger partial charge in [0.25, 0.3) is 5.91 Å². The summed E-state index contributed by atoms with van der Waals surface area (Å²) in [5.41, 5.74) is 7.14.